The largest absolute Gasteiger partial charge is 0.394 e. The molecule has 1 aliphatic heterocycles. The fourth-order valence-electron chi connectivity index (χ4n) is 3.06. The van der Waals surface area contributed by atoms with Crippen LogP contribution in [0.5, 0.6) is 0 Å². The van der Waals surface area contributed by atoms with Crippen LogP contribution in [-0.2, 0) is 19.8 Å². The Kier molecular flexibility index (Phi) is 5.95. The monoisotopic (exact) mass is 346 g/mol. The maximum absolute atomic E-state index is 12.8. The van der Waals surface area contributed by atoms with Gasteiger partial charge in [0.2, 0.25) is 17.7 Å². The van der Waals surface area contributed by atoms with Gasteiger partial charge in [0.05, 0.1) is 18.1 Å². The first-order valence-electron chi connectivity index (χ1n) is 8.60. The molecule has 3 amide bonds. The Morgan fingerprint density at radius 2 is 1.92 bits per heavy atom. The van der Waals surface area contributed by atoms with E-state index in [1.807, 2.05) is 44.2 Å². The van der Waals surface area contributed by atoms with Gasteiger partial charge in [-0.15, -0.1) is 0 Å². The van der Waals surface area contributed by atoms with Gasteiger partial charge in [0, 0.05) is 19.4 Å². The van der Waals surface area contributed by atoms with Crippen molar-refractivity contribution in [2.45, 2.75) is 45.1 Å². The van der Waals surface area contributed by atoms with Gasteiger partial charge in [-0.2, -0.15) is 0 Å². The number of rotatable bonds is 7. The highest BCUT2D eigenvalue weighted by Gasteiger charge is 2.49. The number of hydrogen-bond donors (Lipinski definition) is 2. The molecule has 1 fully saturated rings. The topological polar surface area (TPSA) is 86.7 Å². The molecule has 2 N–H and O–H groups in total. The Labute approximate surface area is 148 Å². The minimum absolute atomic E-state index is 0.0333. The lowest BCUT2D eigenvalue weighted by Crippen LogP contribution is -2.43. The summed E-state index contributed by atoms with van der Waals surface area (Å²) in [7, 11) is 0. The predicted molar refractivity (Wildman–Crippen MR) is 93.6 cm³/mol. The van der Waals surface area contributed by atoms with Crippen LogP contribution in [0.25, 0.3) is 0 Å². The number of carbonyl (C=O) groups is 3. The second-order valence-corrected chi connectivity index (χ2v) is 7.08. The van der Waals surface area contributed by atoms with Gasteiger partial charge in [0.1, 0.15) is 0 Å². The Morgan fingerprint density at radius 1 is 1.28 bits per heavy atom. The fourth-order valence-corrected chi connectivity index (χ4v) is 3.06. The number of nitrogens with one attached hydrogen (secondary N) is 1. The van der Waals surface area contributed by atoms with E-state index in [-0.39, 0.29) is 55.7 Å². The molecule has 1 aliphatic rings. The highest BCUT2D eigenvalue weighted by atomic mass is 16.3. The van der Waals surface area contributed by atoms with E-state index < -0.39 is 5.41 Å². The molecule has 0 aromatic heterocycles. The van der Waals surface area contributed by atoms with E-state index in [2.05, 4.69) is 5.32 Å². The molecule has 1 aromatic carbocycles. The number of benzene rings is 1. The second kappa shape index (κ2) is 7.78. The first kappa shape index (κ1) is 19.1. The van der Waals surface area contributed by atoms with Gasteiger partial charge < -0.3 is 10.4 Å². The molecule has 6 nitrogen and oxygen atoms in total. The van der Waals surface area contributed by atoms with Crippen molar-refractivity contribution in [3.8, 4) is 0 Å². The number of aliphatic hydroxyl groups excluding tert-OH is 1. The van der Waals surface area contributed by atoms with Crippen molar-refractivity contribution in [1.82, 2.24) is 10.2 Å². The summed E-state index contributed by atoms with van der Waals surface area (Å²) >= 11 is 0. The van der Waals surface area contributed by atoms with E-state index in [1.54, 1.807) is 6.92 Å². The Morgan fingerprint density at radius 3 is 2.48 bits per heavy atom. The summed E-state index contributed by atoms with van der Waals surface area (Å²) in [6.45, 7) is 5.49. The molecule has 0 radical (unpaired) electrons. The van der Waals surface area contributed by atoms with Gasteiger partial charge in [-0.3, -0.25) is 19.3 Å². The van der Waals surface area contributed by atoms with Crippen LogP contribution in [0.15, 0.2) is 30.3 Å². The van der Waals surface area contributed by atoms with Crippen molar-refractivity contribution in [2.24, 2.45) is 5.92 Å². The molecule has 0 aliphatic carbocycles. The molecule has 2 unspecified atom stereocenters. The first-order valence-corrected chi connectivity index (χ1v) is 8.60. The summed E-state index contributed by atoms with van der Waals surface area (Å²) in [5.41, 5.74) is -0.0686. The number of hydrogen-bond acceptors (Lipinski definition) is 4. The molecule has 136 valence electrons. The van der Waals surface area contributed by atoms with Crippen LogP contribution >= 0.6 is 0 Å². The summed E-state index contributed by atoms with van der Waals surface area (Å²) in [6, 6.07) is 8.91. The summed E-state index contributed by atoms with van der Waals surface area (Å²) in [5.74, 6) is -0.696. The molecule has 2 rings (SSSR count). The van der Waals surface area contributed by atoms with E-state index in [9.17, 15) is 19.5 Å². The van der Waals surface area contributed by atoms with Crippen molar-refractivity contribution in [2.75, 3.05) is 13.2 Å². The molecule has 2 atom stereocenters. The lowest BCUT2D eigenvalue weighted by molar-refractivity contribution is -0.140. The van der Waals surface area contributed by atoms with Crippen LogP contribution in [0.2, 0.25) is 0 Å². The summed E-state index contributed by atoms with van der Waals surface area (Å²) in [5, 5.41) is 12.0. The normalized spacial score (nSPS) is 21.7. The van der Waals surface area contributed by atoms with E-state index in [0.717, 1.165) is 5.56 Å². The average molecular weight is 346 g/mol. The molecule has 25 heavy (non-hydrogen) atoms. The summed E-state index contributed by atoms with van der Waals surface area (Å²) < 4.78 is 0. The third-order valence-corrected chi connectivity index (χ3v) is 4.84. The highest BCUT2D eigenvalue weighted by Crippen LogP contribution is 2.36. The summed E-state index contributed by atoms with van der Waals surface area (Å²) in [6.07, 6.45) is 0.147. The van der Waals surface area contributed by atoms with Gasteiger partial charge in [-0.25, -0.2) is 0 Å². The maximum atomic E-state index is 12.8. The smallest absolute Gasteiger partial charge is 0.240 e. The Bertz CT molecular complexity index is 644. The lowest BCUT2D eigenvalue weighted by Gasteiger charge is -2.23. The van der Waals surface area contributed by atoms with E-state index in [0.29, 0.717) is 0 Å². The van der Waals surface area contributed by atoms with Gasteiger partial charge >= 0.3 is 0 Å². The highest BCUT2D eigenvalue weighted by molar-refractivity contribution is 6.09. The molecule has 1 saturated heterocycles. The van der Waals surface area contributed by atoms with Crippen LogP contribution in [0.1, 0.15) is 39.2 Å². The zero-order valence-corrected chi connectivity index (χ0v) is 15.0. The molecule has 1 aromatic rings. The zero-order valence-electron chi connectivity index (χ0n) is 15.0. The predicted octanol–water partition coefficient (Wildman–Crippen LogP) is 1.23. The number of likely N-dealkylation sites (tertiary alicyclic amines) is 1. The van der Waals surface area contributed by atoms with Crippen molar-refractivity contribution in [3.63, 3.8) is 0 Å². The van der Waals surface area contributed by atoms with E-state index in [1.165, 1.54) is 4.90 Å². The molecule has 6 heteroatoms. The maximum Gasteiger partial charge on any atom is 0.240 e. The Balaban J connectivity index is 2.00. The van der Waals surface area contributed by atoms with E-state index in [4.69, 9.17) is 0 Å². The van der Waals surface area contributed by atoms with Crippen LogP contribution in [0.3, 0.4) is 0 Å². The first-order chi connectivity index (χ1) is 11.8. The average Bonchev–Trinajstić information content (AvgIpc) is 2.81. The molecule has 0 saturated carbocycles. The van der Waals surface area contributed by atoms with Gasteiger partial charge in [-0.1, -0.05) is 44.2 Å². The van der Waals surface area contributed by atoms with Crippen LogP contribution in [0, 0.1) is 5.92 Å². The molecular weight excluding hydrogens is 320 g/mol. The molecule has 0 spiro atoms. The SMILES string of the molecule is CC(C)C(CO)NC(=O)CCN1C(=O)CC(C)(c2ccccc2)C1=O. The Hall–Kier alpha value is -2.21. The minimum Gasteiger partial charge on any atom is -0.394 e. The summed E-state index contributed by atoms with van der Waals surface area (Å²) in [4.78, 5) is 38.3. The number of imide groups is 1. The van der Waals surface area contributed by atoms with Crippen LogP contribution in [0.4, 0.5) is 0 Å². The molecule has 0 bridgehead atoms. The number of carbonyl (C=O) groups excluding carboxylic acids is 3. The van der Waals surface area contributed by atoms with Crippen molar-refractivity contribution in [1.29, 1.82) is 0 Å². The second-order valence-electron chi connectivity index (χ2n) is 7.08. The van der Waals surface area contributed by atoms with Crippen molar-refractivity contribution in [3.05, 3.63) is 35.9 Å². The number of amides is 3. The number of nitrogens with zero attached hydrogens (tertiary/aromatic N) is 1. The lowest BCUT2D eigenvalue weighted by atomic mass is 9.81. The third-order valence-electron chi connectivity index (χ3n) is 4.84. The van der Waals surface area contributed by atoms with Gasteiger partial charge in [0.15, 0.2) is 0 Å². The van der Waals surface area contributed by atoms with Gasteiger partial charge in [0.25, 0.3) is 0 Å². The van der Waals surface area contributed by atoms with Crippen LogP contribution in [-0.4, -0.2) is 46.9 Å². The van der Waals surface area contributed by atoms with Gasteiger partial charge in [-0.05, 0) is 18.4 Å². The third kappa shape index (κ3) is 4.07. The standard InChI is InChI=1S/C19H26N2O4/c1-13(2)15(12-22)20-16(23)9-10-21-17(24)11-19(3,18(21)25)14-7-5-4-6-8-14/h4-8,13,15,22H,9-12H2,1-3H3,(H,20,23). The quantitative estimate of drug-likeness (QED) is 0.727. The zero-order chi connectivity index (χ0) is 18.6. The van der Waals surface area contributed by atoms with E-state index >= 15 is 0 Å². The molecular formula is C19H26N2O4. The van der Waals surface area contributed by atoms with Crippen molar-refractivity contribution < 1.29 is 19.5 Å². The van der Waals surface area contributed by atoms with Crippen molar-refractivity contribution >= 4 is 17.7 Å². The molecule has 1 heterocycles. The number of aliphatic hydroxyl groups is 1. The van der Waals surface area contributed by atoms with Crippen LogP contribution < -0.4 is 5.32 Å². The minimum atomic E-state index is -0.875. The fraction of sp³-hybridized carbons (Fsp3) is 0.526.